The van der Waals surface area contributed by atoms with E-state index in [1.807, 2.05) is 6.92 Å². The van der Waals surface area contributed by atoms with E-state index in [0.717, 1.165) is 0 Å². The third-order valence-corrected chi connectivity index (χ3v) is 2.04. The van der Waals surface area contributed by atoms with Crippen molar-refractivity contribution < 1.29 is 4.74 Å². The maximum atomic E-state index is 6.82. The lowest BCUT2D eigenvalue weighted by Crippen LogP contribution is -2.28. The SMILES string of the molecule is [C-]#[N+]N(C)C(C)COc1ccnc(N)c1. The Hall–Kier alpha value is -1.96. The second-order valence-corrected chi connectivity index (χ2v) is 3.25. The van der Waals surface area contributed by atoms with E-state index in [4.69, 9.17) is 17.0 Å². The first kappa shape index (κ1) is 11.1. The lowest BCUT2D eigenvalue weighted by molar-refractivity contribution is 0.212. The van der Waals surface area contributed by atoms with Gasteiger partial charge in [0, 0.05) is 12.3 Å². The van der Waals surface area contributed by atoms with Gasteiger partial charge in [0.25, 0.3) is 0 Å². The van der Waals surface area contributed by atoms with E-state index in [1.54, 1.807) is 25.4 Å². The number of nitrogens with two attached hydrogens (primary N) is 1. The lowest BCUT2D eigenvalue weighted by Gasteiger charge is -2.14. The lowest BCUT2D eigenvalue weighted by atomic mass is 10.3. The van der Waals surface area contributed by atoms with E-state index in [9.17, 15) is 0 Å². The van der Waals surface area contributed by atoms with Gasteiger partial charge in [-0.3, -0.25) is 0 Å². The average Bonchev–Trinajstić information content (AvgIpc) is 2.25. The summed E-state index contributed by atoms with van der Waals surface area (Å²) in [5.74, 6) is 1.10. The zero-order valence-electron chi connectivity index (χ0n) is 8.84. The third-order valence-electron chi connectivity index (χ3n) is 2.04. The van der Waals surface area contributed by atoms with Crippen molar-refractivity contribution in [2.45, 2.75) is 13.0 Å². The van der Waals surface area contributed by atoms with Crippen LogP contribution in [0.4, 0.5) is 5.82 Å². The summed E-state index contributed by atoms with van der Waals surface area (Å²) < 4.78 is 5.47. The van der Waals surface area contributed by atoms with Crippen LogP contribution in [0.5, 0.6) is 5.75 Å². The fraction of sp³-hybridized carbons (Fsp3) is 0.400. The molecule has 1 rings (SSSR count). The van der Waals surface area contributed by atoms with Gasteiger partial charge >= 0.3 is 0 Å². The summed E-state index contributed by atoms with van der Waals surface area (Å²) >= 11 is 0. The Morgan fingerprint density at radius 3 is 3.07 bits per heavy atom. The monoisotopic (exact) mass is 206 g/mol. The topological polar surface area (TPSA) is 55.7 Å². The Balaban J connectivity index is 2.47. The highest BCUT2D eigenvalue weighted by molar-refractivity contribution is 5.35. The van der Waals surface area contributed by atoms with Crippen molar-refractivity contribution >= 4 is 5.82 Å². The van der Waals surface area contributed by atoms with Crippen LogP contribution in [0.3, 0.4) is 0 Å². The predicted molar refractivity (Wildman–Crippen MR) is 58.0 cm³/mol. The summed E-state index contributed by atoms with van der Waals surface area (Å²) in [6, 6.07) is 3.43. The molecular formula is C10H14N4O. The number of pyridine rings is 1. The molecule has 1 atom stereocenters. The van der Waals surface area contributed by atoms with Crippen molar-refractivity contribution in [1.82, 2.24) is 9.99 Å². The highest BCUT2D eigenvalue weighted by Gasteiger charge is 2.11. The molecular weight excluding hydrogens is 192 g/mol. The van der Waals surface area contributed by atoms with Crippen molar-refractivity contribution in [3.63, 3.8) is 0 Å². The molecule has 0 amide bonds. The fourth-order valence-electron chi connectivity index (χ4n) is 0.941. The van der Waals surface area contributed by atoms with Crippen molar-refractivity contribution in [3.05, 3.63) is 29.9 Å². The molecule has 15 heavy (non-hydrogen) atoms. The van der Waals surface area contributed by atoms with Gasteiger partial charge in [-0.25, -0.2) is 4.98 Å². The van der Waals surface area contributed by atoms with Gasteiger partial charge < -0.3 is 10.5 Å². The summed E-state index contributed by atoms with van der Waals surface area (Å²) in [6.07, 6.45) is 1.59. The quantitative estimate of drug-likeness (QED) is 0.594. The van der Waals surface area contributed by atoms with Gasteiger partial charge in [-0.1, -0.05) is 0 Å². The van der Waals surface area contributed by atoms with E-state index in [2.05, 4.69) is 9.94 Å². The highest BCUT2D eigenvalue weighted by atomic mass is 16.5. The molecule has 5 nitrogen and oxygen atoms in total. The Morgan fingerprint density at radius 1 is 1.73 bits per heavy atom. The summed E-state index contributed by atoms with van der Waals surface area (Å²) in [7, 11) is 1.72. The summed E-state index contributed by atoms with van der Waals surface area (Å²) in [6.45, 7) is 9.19. The molecule has 1 aromatic heterocycles. The number of hydrogen-bond acceptors (Lipinski definition) is 4. The molecule has 0 spiro atoms. The number of aromatic nitrogens is 1. The van der Waals surface area contributed by atoms with Crippen molar-refractivity contribution in [1.29, 1.82) is 0 Å². The van der Waals surface area contributed by atoms with Gasteiger partial charge in [-0.2, -0.15) is 11.5 Å². The Bertz CT molecular complexity index is 361. The number of likely N-dealkylation sites (N-methyl/N-ethyl adjacent to an activating group) is 1. The van der Waals surface area contributed by atoms with Crippen molar-refractivity contribution in [2.24, 2.45) is 0 Å². The Labute approximate surface area is 89.3 Å². The molecule has 0 bridgehead atoms. The number of rotatable bonds is 4. The van der Waals surface area contributed by atoms with Gasteiger partial charge in [0.2, 0.25) is 0 Å². The minimum absolute atomic E-state index is 0.0388. The maximum absolute atomic E-state index is 6.82. The Kier molecular flexibility index (Phi) is 3.75. The third kappa shape index (κ3) is 3.35. The van der Waals surface area contributed by atoms with E-state index < -0.39 is 0 Å². The molecule has 0 aliphatic heterocycles. The van der Waals surface area contributed by atoms with E-state index >= 15 is 0 Å². The van der Waals surface area contributed by atoms with E-state index in [0.29, 0.717) is 18.2 Å². The second kappa shape index (κ2) is 5.05. The van der Waals surface area contributed by atoms with Crippen LogP contribution < -0.4 is 10.5 Å². The molecule has 0 saturated heterocycles. The van der Waals surface area contributed by atoms with Crippen LogP contribution in [0.25, 0.3) is 4.95 Å². The standard InChI is InChI=1S/C10H14N4O/c1-8(14(3)12-2)7-15-9-4-5-13-10(11)6-9/h4-6,8H,7H2,1,3H3,(H2,11,13). The summed E-state index contributed by atoms with van der Waals surface area (Å²) in [5, 5.41) is 1.52. The molecule has 2 N–H and O–H groups in total. The summed E-state index contributed by atoms with van der Waals surface area (Å²) in [5.41, 5.74) is 5.50. The molecule has 1 heterocycles. The van der Waals surface area contributed by atoms with Gasteiger partial charge in [-0.15, -0.1) is 5.01 Å². The fourth-order valence-corrected chi connectivity index (χ4v) is 0.941. The maximum Gasteiger partial charge on any atom is 0.127 e. The van der Waals surface area contributed by atoms with Crippen LogP contribution in [0.15, 0.2) is 18.3 Å². The first-order valence-electron chi connectivity index (χ1n) is 4.58. The van der Waals surface area contributed by atoms with Crippen LogP contribution >= 0.6 is 0 Å². The first-order valence-corrected chi connectivity index (χ1v) is 4.58. The molecule has 0 radical (unpaired) electrons. The largest absolute Gasteiger partial charge is 0.491 e. The number of hydrogen-bond donors (Lipinski definition) is 1. The van der Waals surface area contributed by atoms with Crippen molar-refractivity contribution in [2.75, 3.05) is 19.4 Å². The van der Waals surface area contributed by atoms with Crippen molar-refractivity contribution in [3.8, 4) is 5.75 Å². The van der Waals surface area contributed by atoms with Crippen LogP contribution in [-0.4, -0.2) is 29.7 Å². The van der Waals surface area contributed by atoms with Crippen LogP contribution in [0.1, 0.15) is 6.92 Å². The molecule has 0 aromatic carbocycles. The zero-order valence-corrected chi connectivity index (χ0v) is 8.84. The van der Waals surface area contributed by atoms with Gasteiger partial charge in [0.1, 0.15) is 24.2 Å². The Morgan fingerprint density at radius 2 is 2.47 bits per heavy atom. The van der Waals surface area contributed by atoms with E-state index in [1.165, 1.54) is 5.01 Å². The minimum atomic E-state index is 0.0388. The molecule has 1 unspecified atom stereocenters. The molecule has 0 fully saturated rings. The first-order chi connectivity index (χ1) is 7.13. The normalized spacial score (nSPS) is 11.5. The van der Waals surface area contributed by atoms with Crippen LogP contribution in [0.2, 0.25) is 0 Å². The molecule has 0 aliphatic carbocycles. The van der Waals surface area contributed by atoms with Gasteiger partial charge in [0.05, 0.1) is 7.05 Å². The van der Waals surface area contributed by atoms with Crippen LogP contribution in [-0.2, 0) is 0 Å². The van der Waals surface area contributed by atoms with E-state index in [-0.39, 0.29) is 6.04 Å². The molecule has 80 valence electrons. The molecule has 5 heteroatoms. The number of nitrogen functional groups attached to an aromatic ring is 1. The number of anilines is 1. The predicted octanol–water partition coefficient (Wildman–Crippen LogP) is 1.20. The number of ether oxygens (including phenoxy) is 1. The second-order valence-electron chi connectivity index (χ2n) is 3.25. The smallest absolute Gasteiger partial charge is 0.127 e. The van der Waals surface area contributed by atoms with Gasteiger partial charge in [-0.05, 0) is 13.0 Å². The number of nitrogens with zero attached hydrogens (tertiary/aromatic N) is 3. The summed E-state index contributed by atoms with van der Waals surface area (Å²) in [4.78, 5) is 7.14. The molecule has 0 aliphatic rings. The minimum Gasteiger partial charge on any atom is -0.491 e. The van der Waals surface area contributed by atoms with Gasteiger partial charge in [0.15, 0.2) is 0 Å². The highest BCUT2D eigenvalue weighted by Crippen LogP contribution is 2.12. The molecule has 1 aromatic rings. The zero-order chi connectivity index (χ0) is 11.3. The van der Waals surface area contributed by atoms with Crippen LogP contribution in [0, 0.1) is 6.57 Å². The molecule has 0 saturated carbocycles. The average molecular weight is 206 g/mol.